The van der Waals surface area contributed by atoms with Crippen LogP contribution in [0.4, 0.5) is 15.9 Å². The van der Waals surface area contributed by atoms with Crippen LogP contribution in [0.15, 0.2) is 40.0 Å². The molecule has 31 heavy (non-hydrogen) atoms. The number of nitrogens with zero attached hydrogens (tertiary/aromatic N) is 4. The van der Waals surface area contributed by atoms with Gasteiger partial charge in [0.1, 0.15) is 11.6 Å². The third kappa shape index (κ3) is 5.82. The van der Waals surface area contributed by atoms with E-state index in [2.05, 4.69) is 26.0 Å². The van der Waals surface area contributed by atoms with Gasteiger partial charge in [-0.1, -0.05) is 16.9 Å². The molecule has 1 aromatic carbocycles. The number of amides is 1. The largest absolute Gasteiger partial charge is 0.378 e. The molecule has 0 aliphatic carbocycles. The molecule has 11 heteroatoms. The number of ether oxygens (including phenoxy) is 1. The quantitative estimate of drug-likeness (QED) is 0.483. The van der Waals surface area contributed by atoms with Gasteiger partial charge in [0.05, 0.1) is 24.9 Å². The number of anilines is 2. The van der Waals surface area contributed by atoms with Crippen molar-refractivity contribution in [3.63, 3.8) is 0 Å². The Morgan fingerprint density at radius 1 is 1.32 bits per heavy atom. The molecular weight excluding hydrogens is 423 g/mol. The minimum absolute atomic E-state index is 0.0897. The summed E-state index contributed by atoms with van der Waals surface area (Å²) in [6.45, 7) is 3.53. The second-order valence-electron chi connectivity index (χ2n) is 7.16. The van der Waals surface area contributed by atoms with Crippen LogP contribution in [-0.2, 0) is 22.6 Å². The second kappa shape index (κ2) is 9.92. The van der Waals surface area contributed by atoms with Crippen molar-refractivity contribution in [3.05, 3.63) is 47.7 Å². The van der Waals surface area contributed by atoms with Gasteiger partial charge in [-0.2, -0.15) is 0 Å². The van der Waals surface area contributed by atoms with Crippen molar-refractivity contribution in [3.8, 4) is 0 Å². The molecule has 9 nitrogen and oxygen atoms in total. The van der Waals surface area contributed by atoms with Crippen molar-refractivity contribution in [1.82, 2.24) is 19.9 Å². The molecule has 2 N–H and O–H groups in total. The SMILES string of the molecule is Cc1cc(NC(=O)CSc2nnc(CNc3ccc(F)cc3)n2CC2CCCO2)no1. The lowest BCUT2D eigenvalue weighted by molar-refractivity contribution is -0.113. The normalized spacial score (nSPS) is 15.9. The number of aromatic nitrogens is 4. The molecule has 1 atom stereocenters. The Morgan fingerprint density at radius 3 is 2.87 bits per heavy atom. The molecule has 2 aromatic heterocycles. The first-order valence-electron chi connectivity index (χ1n) is 9.96. The van der Waals surface area contributed by atoms with Gasteiger partial charge in [-0.3, -0.25) is 4.79 Å². The fraction of sp³-hybridized carbons (Fsp3) is 0.400. The highest BCUT2D eigenvalue weighted by Crippen LogP contribution is 2.22. The molecular formula is C20H23FN6O3S. The average molecular weight is 447 g/mol. The van der Waals surface area contributed by atoms with E-state index in [0.717, 1.165) is 31.0 Å². The fourth-order valence-electron chi connectivity index (χ4n) is 3.22. The lowest BCUT2D eigenvalue weighted by atomic mass is 10.2. The lowest BCUT2D eigenvalue weighted by Gasteiger charge is -2.15. The van der Waals surface area contributed by atoms with Crippen molar-refractivity contribution >= 4 is 29.2 Å². The predicted molar refractivity (Wildman–Crippen MR) is 113 cm³/mol. The van der Waals surface area contributed by atoms with Gasteiger partial charge in [0, 0.05) is 18.4 Å². The second-order valence-corrected chi connectivity index (χ2v) is 8.11. The van der Waals surface area contributed by atoms with E-state index in [9.17, 15) is 9.18 Å². The van der Waals surface area contributed by atoms with E-state index in [0.29, 0.717) is 29.8 Å². The number of carbonyl (C=O) groups excluding carboxylic acids is 1. The van der Waals surface area contributed by atoms with E-state index in [-0.39, 0.29) is 23.6 Å². The zero-order valence-corrected chi connectivity index (χ0v) is 17.8. The average Bonchev–Trinajstić information content (AvgIpc) is 3.49. The first-order chi connectivity index (χ1) is 15.1. The summed E-state index contributed by atoms with van der Waals surface area (Å²) >= 11 is 1.30. The standard InChI is InChI=1S/C20H23FN6O3S/c1-13-9-17(26-30-13)23-19(28)12-31-20-25-24-18(27(20)11-16-3-2-8-29-16)10-22-15-6-4-14(21)5-7-15/h4-7,9,16,22H,2-3,8,10-12H2,1H3,(H,23,26,28). The Bertz CT molecular complexity index is 1020. The van der Waals surface area contributed by atoms with Crippen LogP contribution < -0.4 is 10.6 Å². The molecule has 1 aliphatic heterocycles. The molecule has 3 aromatic rings. The first-order valence-corrected chi connectivity index (χ1v) is 10.9. The summed E-state index contributed by atoms with van der Waals surface area (Å²) in [5.41, 5.74) is 0.782. The fourth-order valence-corrected chi connectivity index (χ4v) is 3.98. The molecule has 4 rings (SSSR count). The summed E-state index contributed by atoms with van der Waals surface area (Å²) in [7, 11) is 0. The van der Waals surface area contributed by atoms with Gasteiger partial charge in [0.25, 0.3) is 0 Å². The summed E-state index contributed by atoms with van der Waals surface area (Å²) < 4.78 is 25.8. The molecule has 1 saturated heterocycles. The zero-order chi connectivity index (χ0) is 21.6. The maximum atomic E-state index is 13.1. The van der Waals surface area contributed by atoms with Crippen LogP contribution in [0, 0.1) is 12.7 Å². The lowest BCUT2D eigenvalue weighted by Crippen LogP contribution is -2.20. The van der Waals surface area contributed by atoms with E-state index in [1.54, 1.807) is 25.1 Å². The Hall–Kier alpha value is -2.92. The van der Waals surface area contributed by atoms with Gasteiger partial charge in [-0.05, 0) is 44.0 Å². The van der Waals surface area contributed by atoms with E-state index < -0.39 is 0 Å². The van der Waals surface area contributed by atoms with Crippen molar-refractivity contribution in [2.75, 3.05) is 23.0 Å². The number of rotatable bonds is 9. The summed E-state index contributed by atoms with van der Waals surface area (Å²) in [6, 6.07) is 7.79. The summed E-state index contributed by atoms with van der Waals surface area (Å²) in [5, 5.41) is 18.9. The Morgan fingerprint density at radius 2 is 2.16 bits per heavy atom. The Balaban J connectivity index is 1.41. The molecule has 164 valence electrons. The minimum atomic E-state index is -0.287. The van der Waals surface area contributed by atoms with Crippen LogP contribution in [0.3, 0.4) is 0 Å². The summed E-state index contributed by atoms with van der Waals surface area (Å²) in [4.78, 5) is 12.3. The number of halogens is 1. The molecule has 3 heterocycles. The highest BCUT2D eigenvalue weighted by Gasteiger charge is 2.21. The molecule has 1 aliphatic rings. The van der Waals surface area contributed by atoms with E-state index in [1.165, 1.54) is 23.9 Å². The van der Waals surface area contributed by atoms with Crippen LogP contribution in [0.25, 0.3) is 0 Å². The van der Waals surface area contributed by atoms with Crippen molar-refractivity contribution in [2.24, 2.45) is 0 Å². The van der Waals surface area contributed by atoms with Crippen molar-refractivity contribution in [1.29, 1.82) is 0 Å². The number of thioether (sulfide) groups is 1. The molecule has 0 saturated carbocycles. The number of carbonyl (C=O) groups is 1. The third-order valence-electron chi connectivity index (χ3n) is 4.73. The number of hydrogen-bond donors (Lipinski definition) is 2. The predicted octanol–water partition coefficient (Wildman–Crippen LogP) is 3.24. The molecule has 1 fully saturated rings. The maximum absolute atomic E-state index is 13.1. The number of hydrogen-bond acceptors (Lipinski definition) is 8. The Labute approximate surface area is 182 Å². The van der Waals surface area contributed by atoms with Crippen LogP contribution in [0.1, 0.15) is 24.4 Å². The first kappa shape index (κ1) is 21.3. The number of benzene rings is 1. The van der Waals surface area contributed by atoms with Gasteiger partial charge in [0.2, 0.25) is 5.91 Å². The van der Waals surface area contributed by atoms with Crippen LogP contribution in [0.5, 0.6) is 0 Å². The Kier molecular flexibility index (Phi) is 6.82. The van der Waals surface area contributed by atoms with Crippen LogP contribution in [0.2, 0.25) is 0 Å². The molecule has 1 amide bonds. The van der Waals surface area contributed by atoms with E-state index in [1.807, 2.05) is 4.57 Å². The monoisotopic (exact) mass is 446 g/mol. The molecule has 0 radical (unpaired) electrons. The molecule has 0 bridgehead atoms. The third-order valence-corrected chi connectivity index (χ3v) is 5.69. The van der Waals surface area contributed by atoms with Crippen molar-refractivity contribution in [2.45, 2.75) is 44.1 Å². The summed E-state index contributed by atoms with van der Waals surface area (Å²) in [6.07, 6.45) is 2.09. The van der Waals surface area contributed by atoms with E-state index >= 15 is 0 Å². The molecule has 1 unspecified atom stereocenters. The summed E-state index contributed by atoms with van der Waals surface area (Å²) in [5.74, 6) is 1.38. The van der Waals surface area contributed by atoms with Gasteiger partial charge < -0.3 is 24.5 Å². The zero-order valence-electron chi connectivity index (χ0n) is 17.0. The van der Waals surface area contributed by atoms with Gasteiger partial charge in [-0.25, -0.2) is 4.39 Å². The minimum Gasteiger partial charge on any atom is -0.378 e. The number of nitrogens with one attached hydrogen (secondary N) is 2. The van der Waals surface area contributed by atoms with Crippen LogP contribution in [-0.4, -0.2) is 44.3 Å². The van der Waals surface area contributed by atoms with E-state index in [4.69, 9.17) is 9.26 Å². The smallest absolute Gasteiger partial charge is 0.236 e. The highest BCUT2D eigenvalue weighted by molar-refractivity contribution is 7.99. The van der Waals surface area contributed by atoms with Gasteiger partial charge in [-0.15, -0.1) is 10.2 Å². The maximum Gasteiger partial charge on any atom is 0.236 e. The number of aryl methyl sites for hydroxylation is 1. The van der Waals surface area contributed by atoms with Crippen molar-refractivity contribution < 1.29 is 18.4 Å². The highest BCUT2D eigenvalue weighted by atomic mass is 32.2. The molecule has 0 spiro atoms. The van der Waals surface area contributed by atoms with Crippen LogP contribution >= 0.6 is 11.8 Å². The van der Waals surface area contributed by atoms with Gasteiger partial charge in [0.15, 0.2) is 16.8 Å². The van der Waals surface area contributed by atoms with Gasteiger partial charge >= 0.3 is 0 Å². The topological polar surface area (TPSA) is 107 Å².